The molecule has 1 aromatic carbocycles. The second-order valence-electron chi connectivity index (χ2n) is 6.69. The zero-order chi connectivity index (χ0) is 20.4. The molecule has 2 aromatic heterocycles. The molecule has 0 saturated carbocycles. The van der Waals surface area contributed by atoms with E-state index < -0.39 is 0 Å². The molecule has 8 heteroatoms. The van der Waals surface area contributed by atoms with Gasteiger partial charge in [-0.05, 0) is 32.0 Å². The summed E-state index contributed by atoms with van der Waals surface area (Å²) in [6.45, 7) is 3.70. The molecule has 0 bridgehead atoms. The Morgan fingerprint density at radius 2 is 1.82 bits per heavy atom. The van der Waals surface area contributed by atoms with Crippen molar-refractivity contribution in [2.75, 3.05) is 31.4 Å². The molecule has 28 heavy (non-hydrogen) atoms. The number of hydrogen-bond donors (Lipinski definition) is 1. The van der Waals surface area contributed by atoms with Crippen LogP contribution in [0.3, 0.4) is 0 Å². The number of aromatic nitrogens is 4. The molecule has 0 radical (unpaired) electrons. The van der Waals surface area contributed by atoms with E-state index in [0.717, 1.165) is 11.3 Å². The molecule has 0 unspecified atom stereocenters. The zero-order valence-electron chi connectivity index (χ0n) is 16.9. The first-order chi connectivity index (χ1) is 13.3. The van der Waals surface area contributed by atoms with E-state index in [1.165, 1.54) is 0 Å². The van der Waals surface area contributed by atoms with Crippen molar-refractivity contribution < 1.29 is 9.53 Å². The molecule has 8 nitrogen and oxygen atoms in total. The molecule has 2 heterocycles. The summed E-state index contributed by atoms with van der Waals surface area (Å²) in [7, 11) is 7.11. The monoisotopic (exact) mass is 380 g/mol. The number of nitrogens with one attached hydrogen (secondary N) is 1. The van der Waals surface area contributed by atoms with Crippen LogP contribution in [0, 0.1) is 13.8 Å². The van der Waals surface area contributed by atoms with Crippen LogP contribution in [0.1, 0.15) is 21.9 Å². The van der Waals surface area contributed by atoms with Gasteiger partial charge in [0.25, 0.3) is 5.91 Å². The summed E-state index contributed by atoms with van der Waals surface area (Å²) in [4.78, 5) is 23.6. The van der Waals surface area contributed by atoms with Gasteiger partial charge < -0.3 is 15.0 Å². The van der Waals surface area contributed by atoms with Crippen LogP contribution in [-0.4, -0.2) is 46.9 Å². The number of amides is 1. The van der Waals surface area contributed by atoms with Crippen molar-refractivity contribution in [3.8, 4) is 17.0 Å². The van der Waals surface area contributed by atoms with Gasteiger partial charge in [-0.25, -0.2) is 9.97 Å². The largest absolute Gasteiger partial charge is 0.497 e. The molecule has 0 aliphatic heterocycles. The van der Waals surface area contributed by atoms with Gasteiger partial charge in [0.05, 0.1) is 29.9 Å². The minimum absolute atomic E-state index is 0.267. The van der Waals surface area contributed by atoms with E-state index in [-0.39, 0.29) is 5.91 Å². The lowest BCUT2D eigenvalue weighted by Gasteiger charge is -2.15. The minimum Gasteiger partial charge on any atom is -0.497 e. The molecule has 0 fully saturated rings. The van der Waals surface area contributed by atoms with Gasteiger partial charge in [0.2, 0.25) is 5.95 Å². The topological polar surface area (TPSA) is 85.2 Å². The van der Waals surface area contributed by atoms with E-state index in [4.69, 9.17) is 4.74 Å². The molecule has 146 valence electrons. The predicted octanol–water partition coefficient (Wildman–Crippen LogP) is 2.82. The molecule has 0 atom stereocenters. The van der Waals surface area contributed by atoms with Crippen LogP contribution < -0.4 is 15.0 Å². The highest BCUT2D eigenvalue weighted by atomic mass is 16.5. The van der Waals surface area contributed by atoms with Crippen LogP contribution in [0.25, 0.3) is 11.3 Å². The Hall–Kier alpha value is -3.42. The Bertz CT molecular complexity index is 1000. The van der Waals surface area contributed by atoms with Gasteiger partial charge in [-0.15, -0.1) is 0 Å². The maximum absolute atomic E-state index is 12.9. The van der Waals surface area contributed by atoms with Gasteiger partial charge in [-0.1, -0.05) is 12.1 Å². The summed E-state index contributed by atoms with van der Waals surface area (Å²) in [5.74, 6) is 1.07. The lowest BCUT2D eigenvalue weighted by Crippen LogP contribution is -2.20. The lowest BCUT2D eigenvalue weighted by atomic mass is 10.1. The normalized spacial score (nSPS) is 10.6. The first-order valence-electron chi connectivity index (χ1n) is 8.82. The fraction of sp³-hybridized carbons (Fsp3) is 0.300. The summed E-state index contributed by atoms with van der Waals surface area (Å²) in [5, 5.41) is 7.38. The molecule has 0 saturated heterocycles. The molecule has 0 aliphatic rings. The Labute approximate surface area is 164 Å². The summed E-state index contributed by atoms with van der Waals surface area (Å²) in [5.41, 5.74) is 4.03. The van der Waals surface area contributed by atoms with Crippen LogP contribution in [0.4, 0.5) is 11.6 Å². The summed E-state index contributed by atoms with van der Waals surface area (Å²) < 4.78 is 6.82. The van der Waals surface area contributed by atoms with E-state index in [1.54, 1.807) is 24.9 Å². The van der Waals surface area contributed by atoms with E-state index >= 15 is 0 Å². The van der Waals surface area contributed by atoms with E-state index in [2.05, 4.69) is 20.4 Å². The Balaban J connectivity index is 1.89. The molecule has 1 amide bonds. The summed E-state index contributed by atoms with van der Waals surface area (Å²) in [6, 6.07) is 9.31. The van der Waals surface area contributed by atoms with Gasteiger partial charge in [0.15, 0.2) is 0 Å². The van der Waals surface area contributed by atoms with Crippen LogP contribution in [0.2, 0.25) is 0 Å². The zero-order valence-corrected chi connectivity index (χ0v) is 16.9. The Morgan fingerprint density at radius 3 is 2.43 bits per heavy atom. The van der Waals surface area contributed by atoms with E-state index in [1.807, 2.05) is 57.1 Å². The number of aryl methyl sites for hydroxylation is 3. The molecule has 3 aromatic rings. The molecular weight excluding hydrogens is 356 g/mol. The maximum atomic E-state index is 12.9. The average molecular weight is 380 g/mol. The quantitative estimate of drug-likeness (QED) is 0.733. The van der Waals surface area contributed by atoms with Crippen LogP contribution >= 0.6 is 0 Å². The first-order valence-corrected chi connectivity index (χ1v) is 8.82. The highest BCUT2D eigenvalue weighted by molar-refractivity contribution is 6.04. The molecule has 1 N–H and O–H groups in total. The van der Waals surface area contributed by atoms with Crippen molar-refractivity contribution in [3.05, 3.63) is 47.4 Å². The Morgan fingerprint density at radius 1 is 1.14 bits per heavy atom. The number of carbonyl (C=O) groups excluding carboxylic acids is 1. The van der Waals surface area contributed by atoms with Crippen molar-refractivity contribution in [2.45, 2.75) is 13.8 Å². The van der Waals surface area contributed by atoms with Crippen LogP contribution in [0.5, 0.6) is 5.75 Å². The number of methoxy groups -OCH3 is 1. The first kappa shape index (κ1) is 19.3. The number of anilines is 2. The van der Waals surface area contributed by atoms with Gasteiger partial charge in [-0.2, -0.15) is 5.10 Å². The summed E-state index contributed by atoms with van der Waals surface area (Å²) in [6.07, 6.45) is 0. The maximum Gasteiger partial charge on any atom is 0.274 e. The van der Waals surface area contributed by atoms with E-state index in [0.29, 0.717) is 34.4 Å². The number of benzene rings is 1. The van der Waals surface area contributed by atoms with Crippen molar-refractivity contribution in [3.63, 3.8) is 0 Å². The standard InChI is InChI=1S/C20H24N6O2/c1-12-18(13(2)22-20(21-12)25(3)4)23-19(27)17-11-16(24-26(17)5)14-8-7-9-15(10-14)28-6/h7-11H,1-6H3,(H,23,27). The average Bonchev–Trinajstić information content (AvgIpc) is 3.06. The lowest BCUT2D eigenvalue weighted by molar-refractivity contribution is 0.101. The third kappa shape index (κ3) is 3.80. The predicted molar refractivity (Wildman–Crippen MR) is 109 cm³/mol. The second kappa shape index (κ2) is 7.67. The smallest absolute Gasteiger partial charge is 0.274 e. The third-order valence-electron chi connectivity index (χ3n) is 4.38. The minimum atomic E-state index is -0.267. The van der Waals surface area contributed by atoms with Crippen molar-refractivity contribution in [1.29, 1.82) is 0 Å². The Kier molecular flexibility index (Phi) is 5.30. The number of nitrogens with zero attached hydrogens (tertiary/aromatic N) is 5. The highest BCUT2D eigenvalue weighted by Gasteiger charge is 2.18. The fourth-order valence-electron chi connectivity index (χ4n) is 2.86. The SMILES string of the molecule is COc1cccc(-c2cc(C(=O)Nc3c(C)nc(N(C)C)nc3C)n(C)n2)c1. The second-order valence-corrected chi connectivity index (χ2v) is 6.69. The molecule has 0 aliphatic carbocycles. The molecule has 3 rings (SSSR count). The van der Waals surface area contributed by atoms with Gasteiger partial charge in [0.1, 0.15) is 11.4 Å². The van der Waals surface area contributed by atoms with Gasteiger partial charge in [-0.3, -0.25) is 9.48 Å². The highest BCUT2D eigenvalue weighted by Crippen LogP contribution is 2.25. The van der Waals surface area contributed by atoms with Gasteiger partial charge >= 0.3 is 0 Å². The van der Waals surface area contributed by atoms with Crippen LogP contribution in [0.15, 0.2) is 30.3 Å². The number of ether oxygens (including phenoxy) is 1. The molecule has 0 spiro atoms. The number of hydrogen-bond acceptors (Lipinski definition) is 6. The molecular formula is C20H24N6O2. The van der Waals surface area contributed by atoms with E-state index in [9.17, 15) is 4.79 Å². The number of rotatable bonds is 5. The van der Waals surface area contributed by atoms with Gasteiger partial charge in [0, 0.05) is 26.7 Å². The fourth-order valence-corrected chi connectivity index (χ4v) is 2.86. The van der Waals surface area contributed by atoms with Crippen LogP contribution in [-0.2, 0) is 7.05 Å². The number of carbonyl (C=O) groups is 1. The summed E-state index contributed by atoms with van der Waals surface area (Å²) >= 11 is 0. The third-order valence-corrected chi connectivity index (χ3v) is 4.38. The van der Waals surface area contributed by atoms with Crippen molar-refractivity contribution >= 4 is 17.5 Å². The van der Waals surface area contributed by atoms with Crippen molar-refractivity contribution in [1.82, 2.24) is 19.7 Å². The van der Waals surface area contributed by atoms with Crippen molar-refractivity contribution in [2.24, 2.45) is 7.05 Å².